The molecule has 1 aromatic heterocycles. The molecule has 228 valence electrons. The van der Waals surface area contributed by atoms with Gasteiger partial charge >= 0.3 is 0 Å². The number of hydrogen-bond acceptors (Lipinski definition) is 6. The predicted molar refractivity (Wildman–Crippen MR) is 169 cm³/mol. The summed E-state index contributed by atoms with van der Waals surface area (Å²) in [5.74, 6) is -0.301. The Morgan fingerprint density at radius 1 is 0.791 bits per heavy atom. The maximum atomic E-state index is 13.6. The number of carbonyl (C=O) groups is 3. The van der Waals surface area contributed by atoms with Crippen LogP contribution in [-0.4, -0.2) is 89.7 Å². The molecule has 0 bridgehead atoms. The SMILES string of the molecule is Cn1nc(C(C)(C)C)cc1C(=O)N1CCCN(c2ccc(C(=O)N3CCCNCC3)cc2NC(=O)c2ccccc2)CC1. The average molecular weight is 586 g/mol. The first-order valence-corrected chi connectivity index (χ1v) is 15.2. The lowest BCUT2D eigenvalue weighted by molar-refractivity contribution is 0.0752. The van der Waals surface area contributed by atoms with Crippen molar-refractivity contribution >= 4 is 29.1 Å². The van der Waals surface area contributed by atoms with Gasteiger partial charge in [0.1, 0.15) is 5.69 Å². The summed E-state index contributed by atoms with van der Waals surface area (Å²) >= 11 is 0. The maximum Gasteiger partial charge on any atom is 0.272 e. The van der Waals surface area contributed by atoms with Gasteiger partial charge in [0.15, 0.2) is 0 Å². The topological polar surface area (TPSA) is 103 Å². The van der Waals surface area contributed by atoms with Crippen molar-refractivity contribution in [2.75, 3.05) is 62.6 Å². The molecule has 0 aliphatic carbocycles. The Morgan fingerprint density at radius 2 is 1.53 bits per heavy atom. The summed E-state index contributed by atoms with van der Waals surface area (Å²) in [6, 6.07) is 16.6. The number of rotatable bonds is 5. The summed E-state index contributed by atoms with van der Waals surface area (Å²) in [6.45, 7) is 11.7. The highest BCUT2D eigenvalue weighted by atomic mass is 16.2. The maximum absolute atomic E-state index is 13.6. The molecule has 2 N–H and O–H groups in total. The smallest absolute Gasteiger partial charge is 0.272 e. The Labute approximate surface area is 254 Å². The number of carbonyl (C=O) groups excluding carboxylic acids is 3. The average Bonchev–Trinajstić information content (AvgIpc) is 3.17. The molecule has 0 spiro atoms. The van der Waals surface area contributed by atoms with Gasteiger partial charge in [-0.15, -0.1) is 0 Å². The zero-order chi connectivity index (χ0) is 30.6. The normalized spacial score (nSPS) is 16.4. The van der Waals surface area contributed by atoms with Crippen molar-refractivity contribution in [1.29, 1.82) is 0 Å². The standard InChI is InChI=1S/C33H43N7O3/c1-33(2,3)29-23-28(37(4)36-29)32(43)40-18-9-17-38(20-21-40)27-13-12-25(31(42)39-16-8-14-34-15-19-39)22-26(27)35-30(41)24-10-6-5-7-11-24/h5-7,10-13,22-23,34H,8-9,14-21H2,1-4H3,(H,35,41). The second kappa shape index (κ2) is 13.0. The van der Waals surface area contributed by atoms with Crippen LogP contribution in [0.4, 0.5) is 11.4 Å². The van der Waals surface area contributed by atoms with Crippen LogP contribution < -0.4 is 15.5 Å². The van der Waals surface area contributed by atoms with Gasteiger partial charge in [-0.2, -0.15) is 5.10 Å². The summed E-state index contributed by atoms with van der Waals surface area (Å²) in [5, 5.41) is 11.0. The Bertz CT molecular complexity index is 1450. The first-order valence-electron chi connectivity index (χ1n) is 15.2. The Balaban J connectivity index is 1.38. The van der Waals surface area contributed by atoms with Crippen molar-refractivity contribution in [3.63, 3.8) is 0 Å². The zero-order valence-corrected chi connectivity index (χ0v) is 25.7. The molecule has 10 heteroatoms. The molecule has 0 unspecified atom stereocenters. The van der Waals surface area contributed by atoms with Gasteiger partial charge in [-0.25, -0.2) is 0 Å². The molecule has 3 heterocycles. The lowest BCUT2D eigenvalue weighted by Gasteiger charge is -2.27. The van der Waals surface area contributed by atoms with Crippen molar-refractivity contribution in [1.82, 2.24) is 24.9 Å². The second-order valence-electron chi connectivity index (χ2n) is 12.4. The van der Waals surface area contributed by atoms with Crippen LogP contribution in [0.1, 0.15) is 70.5 Å². The van der Waals surface area contributed by atoms with Crippen molar-refractivity contribution in [3.8, 4) is 0 Å². The van der Waals surface area contributed by atoms with E-state index in [1.165, 1.54) is 0 Å². The van der Waals surface area contributed by atoms with Gasteiger partial charge in [0.05, 0.1) is 17.1 Å². The number of aryl methyl sites for hydroxylation is 1. The number of nitrogens with one attached hydrogen (secondary N) is 2. The summed E-state index contributed by atoms with van der Waals surface area (Å²) in [5.41, 5.74) is 3.84. The van der Waals surface area contributed by atoms with E-state index in [0.717, 1.165) is 37.3 Å². The van der Waals surface area contributed by atoms with Crippen molar-refractivity contribution in [2.45, 2.75) is 39.0 Å². The molecule has 2 aliphatic rings. The minimum absolute atomic E-state index is 0.0298. The third kappa shape index (κ3) is 7.07. The molecular formula is C33H43N7O3. The number of nitrogens with zero attached hydrogens (tertiary/aromatic N) is 5. The van der Waals surface area contributed by atoms with E-state index in [0.29, 0.717) is 61.8 Å². The molecule has 43 heavy (non-hydrogen) atoms. The highest BCUT2D eigenvalue weighted by Crippen LogP contribution is 2.30. The fraction of sp³-hybridized carbons (Fsp3) is 0.455. The highest BCUT2D eigenvalue weighted by molar-refractivity contribution is 6.07. The van der Waals surface area contributed by atoms with Crippen LogP contribution in [-0.2, 0) is 12.5 Å². The third-order valence-corrected chi connectivity index (χ3v) is 8.15. The molecule has 3 amide bonds. The van der Waals surface area contributed by atoms with E-state index in [1.54, 1.807) is 22.9 Å². The molecule has 2 aliphatic heterocycles. The zero-order valence-electron chi connectivity index (χ0n) is 25.7. The van der Waals surface area contributed by atoms with Crippen LogP contribution in [0.15, 0.2) is 54.6 Å². The molecule has 2 aromatic carbocycles. The van der Waals surface area contributed by atoms with Gasteiger partial charge in [-0.1, -0.05) is 39.0 Å². The Hall–Kier alpha value is -4.18. The van der Waals surface area contributed by atoms with Gasteiger partial charge in [0.2, 0.25) is 0 Å². The molecule has 10 nitrogen and oxygen atoms in total. The number of benzene rings is 2. The highest BCUT2D eigenvalue weighted by Gasteiger charge is 2.27. The predicted octanol–water partition coefficient (Wildman–Crippen LogP) is 3.76. The second-order valence-corrected chi connectivity index (χ2v) is 12.4. The van der Waals surface area contributed by atoms with Crippen LogP contribution in [0, 0.1) is 0 Å². The lowest BCUT2D eigenvalue weighted by Crippen LogP contribution is -2.36. The molecule has 2 saturated heterocycles. The van der Waals surface area contributed by atoms with E-state index in [1.807, 2.05) is 53.2 Å². The molecule has 0 atom stereocenters. The van der Waals surface area contributed by atoms with E-state index < -0.39 is 0 Å². The first-order chi connectivity index (χ1) is 20.6. The molecule has 3 aromatic rings. The number of aromatic nitrogens is 2. The lowest BCUT2D eigenvalue weighted by atomic mass is 9.92. The molecule has 2 fully saturated rings. The molecule has 0 saturated carbocycles. The van der Waals surface area contributed by atoms with Gasteiger partial charge in [0.25, 0.3) is 17.7 Å². The molecular weight excluding hydrogens is 542 g/mol. The minimum atomic E-state index is -0.233. The fourth-order valence-electron chi connectivity index (χ4n) is 5.62. The Kier molecular flexibility index (Phi) is 9.15. The quantitative estimate of drug-likeness (QED) is 0.473. The van der Waals surface area contributed by atoms with Gasteiger partial charge < -0.3 is 25.3 Å². The van der Waals surface area contributed by atoms with E-state index in [2.05, 4.69) is 41.4 Å². The minimum Gasteiger partial charge on any atom is -0.368 e. The van der Waals surface area contributed by atoms with Crippen LogP contribution in [0.2, 0.25) is 0 Å². The third-order valence-electron chi connectivity index (χ3n) is 8.15. The summed E-state index contributed by atoms with van der Waals surface area (Å²) in [4.78, 5) is 46.2. The van der Waals surface area contributed by atoms with Gasteiger partial charge in [0, 0.05) is 69.4 Å². The molecule has 0 radical (unpaired) electrons. The van der Waals surface area contributed by atoms with Crippen LogP contribution in [0.3, 0.4) is 0 Å². The van der Waals surface area contributed by atoms with Gasteiger partial charge in [-0.05, 0) is 55.8 Å². The Morgan fingerprint density at radius 3 is 2.28 bits per heavy atom. The van der Waals surface area contributed by atoms with E-state index in [4.69, 9.17) is 0 Å². The first kappa shape index (κ1) is 30.3. The summed E-state index contributed by atoms with van der Waals surface area (Å²) in [6.07, 6.45) is 1.67. The van der Waals surface area contributed by atoms with Crippen molar-refractivity contribution < 1.29 is 14.4 Å². The van der Waals surface area contributed by atoms with Crippen LogP contribution >= 0.6 is 0 Å². The van der Waals surface area contributed by atoms with E-state index >= 15 is 0 Å². The van der Waals surface area contributed by atoms with Crippen LogP contribution in [0.25, 0.3) is 0 Å². The van der Waals surface area contributed by atoms with Gasteiger partial charge in [-0.3, -0.25) is 19.1 Å². The number of hydrogen-bond donors (Lipinski definition) is 2. The fourth-order valence-corrected chi connectivity index (χ4v) is 5.62. The monoisotopic (exact) mass is 585 g/mol. The largest absolute Gasteiger partial charge is 0.368 e. The number of amides is 3. The summed E-state index contributed by atoms with van der Waals surface area (Å²) in [7, 11) is 1.82. The van der Waals surface area contributed by atoms with E-state index in [-0.39, 0.29) is 23.1 Å². The van der Waals surface area contributed by atoms with Crippen molar-refractivity contribution in [3.05, 3.63) is 77.1 Å². The molecule has 5 rings (SSSR count). The van der Waals surface area contributed by atoms with Crippen molar-refractivity contribution in [2.24, 2.45) is 7.05 Å². The number of anilines is 2. The van der Waals surface area contributed by atoms with E-state index in [9.17, 15) is 14.4 Å². The summed E-state index contributed by atoms with van der Waals surface area (Å²) < 4.78 is 1.68. The van der Waals surface area contributed by atoms with Crippen LogP contribution in [0.5, 0.6) is 0 Å².